The fourth-order valence-electron chi connectivity index (χ4n) is 4.14. The SMILES string of the molecule is C[C@@H]1C[C@H](NC(=O)[C@@H]2CC=CC[C@@H]2C(=O)O)CC(C)(C)C1. The Hall–Kier alpha value is -1.32. The summed E-state index contributed by atoms with van der Waals surface area (Å²) in [5.74, 6) is -1.35. The number of carboxylic acid groups (broad SMARTS) is 1. The Morgan fingerprint density at radius 1 is 1.14 bits per heavy atom. The number of hydrogen-bond donors (Lipinski definition) is 2. The lowest BCUT2D eigenvalue weighted by Gasteiger charge is -2.40. The predicted octanol–water partition coefficient (Wildman–Crippen LogP) is 2.98. The van der Waals surface area contributed by atoms with Crippen molar-refractivity contribution in [2.24, 2.45) is 23.2 Å². The third-order valence-corrected chi connectivity index (χ3v) is 4.82. The van der Waals surface area contributed by atoms with Crippen molar-refractivity contribution in [2.45, 2.75) is 58.9 Å². The molecule has 4 heteroatoms. The van der Waals surface area contributed by atoms with Crippen molar-refractivity contribution in [3.8, 4) is 0 Å². The summed E-state index contributed by atoms with van der Waals surface area (Å²) in [5, 5.41) is 12.4. The number of rotatable bonds is 3. The molecule has 2 aliphatic carbocycles. The summed E-state index contributed by atoms with van der Waals surface area (Å²) < 4.78 is 0. The second-order valence-corrected chi connectivity index (χ2v) is 7.61. The van der Waals surface area contributed by atoms with E-state index in [1.807, 2.05) is 12.2 Å². The van der Waals surface area contributed by atoms with Gasteiger partial charge in [0.25, 0.3) is 0 Å². The molecule has 2 N–H and O–H groups in total. The van der Waals surface area contributed by atoms with Gasteiger partial charge in [-0.3, -0.25) is 9.59 Å². The Kier molecular flexibility index (Phi) is 4.74. The molecule has 0 aromatic heterocycles. The van der Waals surface area contributed by atoms with Gasteiger partial charge in [-0.2, -0.15) is 0 Å². The Labute approximate surface area is 127 Å². The van der Waals surface area contributed by atoms with Gasteiger partial charge in [-0.05, 0) is 43.4 Å². The van der Waals surface area contributed by atoms with Gasteiger partial charge in [0.15, 0.2) is 0 Å². The molecule has 1 saturated carbocycles. The molecule has 0 radical (unpaired) electrons. The lowest BCUT2D eigenvalue weighted by atomic mass is 9.70. The van der Waals surface area contributed by atoms with Crippen LogP contribution >= 0.6 is 0 Å². The van der Waals surface area contributed by atoms with Crippen LogP contribution in [-0.2, 0) is 9.59 Å². The van der Waals surface area contributed by atoms with Gasteiger partial charge in [0.05, 0.1) is 11.8 Å². The van der Waals surface area contributed by atoms with E-state index in [0.29, 0.717) is 18.8 Å². The molecule has 21 heavy (non-hydrogen) atoms. The minimum absolute atomic E-state index is 0.0818. The van der Waals surface area contributed by atoms with Gasteiger partial charge >= 0.3 is 5.97 Å². The summed E-state index contributed by atoms with van der Waals surface area (Å²) in [4.78, 5) is 23.8. The maximum absolute atomic E-state index is 12.5. The fourth-order valence-corrected chi connectivity index (χ4v) is 4.14. The Balaban J connectivity index is 2.00. The molecular formula is C17H27NO3. The van der Waals surface area contributed by atoms with E-state index in [-0.39, 0.29) is 17.4 Å². The van der Waals surface area contributed by atoms with E-state index >= 15 is 0 Å². The summed E-state index contributed by atoms with van der Waals surface area (Å²) in [6, 6.07) is 0.177. The molecule has 2 aliphatic rings. The highest BCUT2D eigenvalue weighted by atomic mass is 16.4. The zero-order chi connectivity index (χ0) is 15.6. The molecule has 0 aromatic carbocycles. The van der Waals surface area contributed by atoms with Crippen LogP contribution < -0.4 is 5.32 Å². The molecule has 4 atom stereocenters. The summed E-state index contributed by atoms with van der Waals surface area (Å²) in [6.07, 6.45) is 7.95. The number of nitrogens with one attached hydrogen (secondary N) is 1. The second-order valence-electron chi connectivity index (χ2n) is 7.61. The van der Waals surface area contributed by atoms with Crippen molar-refractivity contribution in [1.29, 1.82) is 0 Å². The highest BCUT2D eigenvalue weighted by molar-refractivity contribution is 5.85. The largest absolute Gasteiger partial charge is 0.481 e. The number of carboxylic acids is 1. The number of aliphatic carboxylic acids is 1. The number of hydrogen-bond acceptors (Lipinski definition) is 2. The van der Waals surface area contributed by atoms with Crippen LogP contribution in [-0.4, -0.2) is 23.0 Å². The first-order valence-corrected chi connectivity index (χ1v) is 7.96. The lowest BCUT2D eigenvalue weighted by molar-refractivity contribution is -0.147. The van der Waals surface area contributed by atoms with Crippen molar-refractivity contribution in [3.05, 3.63) is 12.2 Å². The first-order valence-electron chi connectivity index (χ1n) is 7.96. The number of allylic oxidation sites excluding steroid dienone is 2. The first-order chi connectivity index (χ1) is 9.78. The van der Waals surface area contributed by atoms with Crippen LogP contribution in [0.3, 0.4) is 0 Å². The molecule has 1 amide bonds. The average molecular weight is 293 g/mol. The summed E-state index contributed by atoms with van der Waals surface area (Å²) in [5.41, 5.74) is 0.244. The van der Waals surface area contributed by atoms with Crippen molar-refractivity contribution in [1.82, 2.24) is 5.32 Å². The molecule has 0 saturated heterocycles. The molecule has 0 heterocycles. The molecule has 0 aliphatic heterocycles. The maximum Gasteiger partial charge on any atom is 0.307 e. The van der Waals surface area contributed by atoms with E-state index in [9.17, 15) is 14.7 Å². The Morgan fingerprint density at radius 3 is 2.33 bits per heavy atom. The molecule has 4 nitrogen and oxygen atoms in total. The highest BCUT2D eigenvalue weighted by Crippen LogP contribution is 2.38. The van der Waals surface area contributed by atoms with E-state index in [2.05, 4.69) is 26.1 Å². The zero-order valence-electron chi connectivity index (χ0n) is 13.3. The third-order valence-electron chi connectivity index (χ3n) is 4.82. The molecule has 1 fully saturated rings. The van der Waals surface area contributed by atoms with Crippen LogP contribution in [0.5, 0.6) is 0 Å². The second kappa shape index (κ2) is 6.20. The topological polar surface area (TPSA) is 66.4 Å². The normalized spacial score (nSPS) is 35.2. The van der Waals surface area contributed by atoms with Gasteiger partial charge < -0.3 is 10.4 Å². The Morgan fingerprint density at radius 2 is 1.76 bits per heavy atom. The molecular weight excluding hydrogens is 266 g/mol. The van der Waals surface area contributed by atoms with E-state index in [1.165, 1.54) is 6.42 Å². The predicted molar refractivity (Wildman–Crippen MR) is 81.7 cm³/mol. The van der Waals surface area contributed by atoms with Gasteiger partial charge in [-0.15, -0.1) is 0 Å². The number of carbonyl (C=O) groups excluding carboxylic acids is 1. The molecule has 0 unspecified atom stereocenters. The molecule has 0 aromatic rings. The average Bonchev–Trinajstić information content (AvgIpc) is 2.36. The van der Waals surface area contributed by atoms with E-state index in [4.69, 9.17) is 0 Å². The Bertz CT molecular complexity index is 441. The van der Waals surface area contributed by atoms with Crippen LogP contribution in [0.15, 0.2) is 12.2 Å². The van der Waals surface area contributed by atoms with Crippen LogP contribution in [0.25, 0.3) is 0 Å². The molecule has 0 bridgehead atoms. The van der Waals surface area contributed by atoms with E-state index in [1.54, 1.807) is 0 Å². The summed E-state index contributed by atoms with van der Waals surface area (Å²) in [7, 11) is 0. The smallest absolute Gasteiger partial charge is 0.307 e. The van der Waals surface area contributed by atoms with Crippen LogP contribution in [0.2, 0.25) is 0 Å². The van der Waals surface area contributed by atoms with Crippen molar-refractivity contribution >= 4 is 11.9 Å². The highest BCUT2D eigenvalue weighted by Gasteiger charge is 2.37. The van der Waals surface area contributed by atoms with Gasteiger partial charge in [0.1, 0.15) is 0 Å². The summed E-state index contributed by atoms with van der Waals surface area (Å²) >= 11 is 0. The maximum atomic E-state index is 12.5. The van der Waals surface area contributed by atoms with Crippen LogP contribution in [0.1, 0.15) is 52.9 Å². The van der Waals surface area contributed by atoms with E-state index in [0.717, 1.165) is 12.8 Å². The number of carbonyl (C=O) groups is 2. The minimum atomic E-state index is -0.864. The van der Waals surface area contributed by atoms with Gasteiger partial charge in [0.2, 0.25) is 5.91 Å². The van der Waals surface area contributed by atoms with Gasteiger partial charge in [0, 0.05) is 6.04 Å². The zero-order valence-corrected chi connectivity index (χ0v) is 13.3. The first kappa shape index (κ1) is 16.1. The van der Waals surface area contributed by atoms with Crippen molar-refractivity contribution < 1.29 is 14.7 Å². The van der Waals surface area contributed by atoms with Crippen LogP contribution in [0.4, 0.5) is 0 Å². The van der Waals surface area contributed by atoms with E-state index < -0.39 is 17.8 Å². The molecule has 2 rings (SSSR count). The van der Waals surface area contributed by atoms with Crippen LogP contribution in [0, 0.1) is 23.2 Å². The standard InChI is InChI=1S/C17H27NO3/c1-11-8-12(10-17(2,3)9-11)18-15(19)13-6-4-5-7-14(13)16(20)21/h4-5,11-14H,6-10H2,1-3H3,(H,18,19)(H,20,21)/t11-,12+,13-,14+/m1/s1. The monoisotopic (exact) mass is 293 g/mol. The van der Waals surface area contributed by atoms with Gasteiger partial charge in [-0.25, -0.2) is 0 Å². The lowest BCUT2D eigenvalue weighted by Crippen LogP contribution is -2.47. The van der Waals surface area contributed by atoms with Gasteiger partial charge in [-0.1, -0.05) is 32.9 Å². The third kappa shape index (κ3) is 4.08. The molecule has 118 valence electrons. The summed E-state index contributed by atoms with van der Waals surface area (Å²) in [6.45, 7) is 6.71. The number of amides is 1. The molecule has 0 spiro atoms. The van der Waals surface area contributed by atoms with Crippen molar-refractivity contribution in [2.75, 3.05) is 0 Å². The quantitative estimate of drug-likeness (QED) is 0.786. The fraction of sp³-hybridized carbons (Fsp3) is 0.765. The minimum Gasteiger partial charge on any atom is -0.481 e. The van der Waals surface area contributed by atoms with Crippen molar-refractivity contribution in [3.63, 3.8) is 0 Å².